The van der Waals surface area contributed by atoms with Crippen LogP contribution in [0, 0.1) is 6.92 Å². The lowest BCUT2D eigenvalue weighted by Gasteiger charge is -2.09. The zero-order valence-electron chi connectivity index (χ0n) is 10.3. The van der Waals surface area contributed by atoms with Crippen LogP contribution >= 0.6 is 15.9 Å². The van der Waals surface area contributed by atoms with Crippen molar-refractivity contribution in [1.29, 1.82) is 0 Å². The Morgan fingerprint density at radius 1 is 1.21 bits per heavy atom. The molecule has 19 heavy (non-hydrogen) atoms. The predicted molar refractivity (Wildman–Crippen MR) is 77.1 cm³/mol. The zero-order valence-corrected chi connectivity index (χ0v) is 12.7. The summed E-state index contributed by atoms with van der Waals surface area (Å²) in [6.07, 6.45) is 3.27. The number of nitrogens with one attached hydrogen (secondary N) is 1. The Hall–Kier alpha value is -1.24. The number of aromatic nitrogens is 1. The van der Waals surface area contributed by atoms with Crippen molar-refractivity contribution < 1.29 is 8.42 Å². The van der Waals surface area contributed by atoms with E-state index in [9.17, 15) is 8.42 Å². The van der Waals surface area contributed by atoms with E-state index in [1.54, 1.807) is 43.6 Å². The van der Waals surface area contributed by atoms with Gasteiger partial charge in [0.1, 0.15) is 0 Å². The minimum absolute atomic E-state index is 0.247. The first-order valence-electron chi connectivity index (χ1n) is 5.64. The predicted octanol–water partition coefficient (Wildman–Crippen LogP) is 2.63. The van der Waals surface area contributed by atoms with Gasteiger partial charge < -0.3 is 0 Å². The summed E-state index contributed by atoms with van der Waals surface area (Å²) in [7, 11) is -3.51. The average molecular weight is 341 g/mol. The molecule has 6 heteroatoms. The van der Waals surface area contributed by atoms with Gasteiger partial charge in [0.05, 0.1) is 4.90 Å². The van der Waals surface area contributed by atoms with Crippen molar-refractivity contribution in [2.24, 2.45) is 0 Å². The average Bonchev–Trinajstić information content (AvgIpc) is 2.40. The molecular formula is C13H13BrN2O2S. The van der Waals surface area contributed by atoms with Gasteiger partial charge in [-0.15, -0.1) is 0 Å². The topological polar surface area (TPSA) is 59.1 Å². The molecule has 0 saturated carbocycles. The van der Waals surface area contributed by atoms with Gasteiger partial charge in [0.25, 0.3) is 0 Å². The maximum Gasteiger partial charge on any atom is 0.241 e. The third-order valence-electron chi connectivity index (χ3n) is 2.66. The first-order valence-corrected chi connectivity index (χ1v) is 7.91. The molecule has 0 atom stereocenters. The molecule has 0 spiro atoms. The molecule has 2 aromatic rings. The summed E-state index contributed by atoms with van der Waals surface area (Å²) in [5.41, 5.74) is 1.58. The van der Waals surface area contributed by atoms with Crippen LogP contribution in [0.15, 0.2) is 52.1 Å². The minimum Gasteiger partial charge on any atom is -0.265 e. The Bertz CT molecular complexity index is 672. The highest BCUT2D eigenvalue weighted by Crippen LogP contribution is 2.20. The highest BCUT2D eigenvalue weighted by atomic mass is 79.9. The normalized spacial score (nSPS) is 11.5. The number of benzene rings is 1. The quantitative estimate of drug-likeness (QED) is 0.930. The molecule has 4 nitrogen and oxygen atoms in total. The van der Waals surface area contributed by atoms with E-state index in [0.717, 1.165) is 10.0 Å². The molecule has 0 aliphatic rings. The second-order valence-corrected chi connectivity index (χ2v) is 6.74. The lowest BCUT2D eigenvalue weighted by Crippen LogP contribution is -2.24. The molecule has 1 N–H and O–H groups in total. The number of halogens is 1. The number of hydrogen-bond donors (Lipinski definition) is 1. The fourth-order valence-corrected chi connectivity index (χ4v) is 3.42. The van der Waals surface area contributed by atoms with E-state index < -0.39 is 10.0 Å². The Kier molecular flexibility index (Phi) is 4.34. The van der Waals surface area contributed by atoms with E-state index in [-0.39, 0.29) is 11.4 Å². The van der Waals surface area contributed by atoms with Crippen molar-refractivity contribution >= 4 is 26.0 Å². The van der Waals surface area contributed by atoms with E-state index in [1.807, 2.05) is 6.07 Å². The molecule has 100 valence electrons. The summed E-state index contributed by atoms with van der Waals surface area (Å²) in [5, 5.41) is 0. The minimum atomic E-state index is -3.51. The van der Waals surface area contributed by atoms with E-state index in [0.29, 0.717) is 5.56 Å². The van der Waals surface area contributed by atoms with E-state index in [4.69, 9.17) is 0 Å². The van der Waals surface area contributed by atoms with Gasteiger partial charge in [-0.25, -0.2) is 13.1 Å². The maximum atomic E-state index is 12.2. The number of aryl methyl sites for hydroxylation is 1. The van der Waals surface area contributed by atoms with Gasteiger partial charge in [0.2, 0.25) is 10.0 Å². The fraction of sp³-hybridized carbons (Fsp3) is 0.154. The Morgan fingerprint density at radius 3 is 2.58 bits per heavy atom. The van der Waals surface area contributed by atoms with E-state index in [2.05, 4.69) is 25.6 Å². The summed E-state index contributed by atoms with van der Waals surface area (Å²) in [5.74, 6) is 0. The van der Waals surface area contributed by atoms with Crippen LogP contribution in [0.1, 0.15) is 11.1 Å². The number of rotatable bonds is 4. The molecule has 0 aliphatic heterocycles. The second-order valence-electron chi connectivity index (χ2n) is 4.09. The first kappa shape index (κ1) is 14.2. The van der Waals surface area contributed by atoms with Gasteiger partial charge in [-0.1, -0.05) is 22.0 Å². The maximum absolute atomic E-state index is 12.2. The summed E-state index contributed by atoms with van der Waals surface area (Å²) in [6, 6.07) is 8.74. The van der Waals surface area contributed by atoms with E-state index >= 15 is 0 Å². The number of sulfonamides is 1. The SMILES string of the molecule is Cc1ccc(Br)cc1S(=O)(=O)NCc1ccncc1. The fourth-order valence-electron chi connectivity index (χ4n) is 1.62. The molecule has 0 fully saturated rings. The van der Waals surface area contributed by atoms with Crippen molar-refractivity contribution in [3.8, 4) is 0 Å². The summed E-state index contributed by atoms with van der Waals surface area (Å²) in [4.78, 5) is 4.18. The molecular weight excluding hydrogens is 328 g/mol. The van der Waals surface area contributed by atoms with Gasteiger partial charge in [0, 0.05) is 23.4 Å². The molecule has 0 saturated heterocycles. The molecule has 0 aliphatic carbocycles. The van der Waals surface area contributed by atoms with Crippen LogP contribution in [0.2, 0.25) is 0 Å². The molecule has 0 bridgehead atoms. The highest BCUT2D eigenvalue weighted by Gasteiger charge is 2.16. The largest absolute Gasteiger partial charge is 0.265 e. The second kappa shape index (κ2) is 5.81. The molecule has 1 aromatic carbocycles. The third kappa shape index (κ3) is 3.62. The standard InChI is InChI=1S/C13H13BrN2O2S/c1-10-2-3-12(14)8-13(10)19(17,18)16-9-11-4-6-15-7-5-11/h2-8,16H,9H2,1H3. The van der Waals surface area contributed by atoms with Crippen molar-refractivity contribution in [2.75, 3.05) is 0 Å². The Morgan fingerprint density at radius 2 is 1.89 bits per heavy atom. The van der Waals surface area contributed by atoms with E-state index in [1.165, 1.54) is 0 Å². The monoisotopic (exact) mass is 340 g/mol. The van der Waals surface area contributed by atoms with Gasteiger partial charge in [-0.05, 0) is 42.3 Å². The van der Waals surface area contributed by atoms with Crippen LogP contribution in [0.5, 0.6) is 0 Å². The highest BCUT2D eigenvalue weighted by molar-refractivity contribution is 9.10. The number of hydrogen-bond acceptors (Lipinski definition) is 3. The van der Waals surface area contributed by atoms with Gasteiger partial charge in [0.15, 0.2) is 0 Å². The molecule has 1 aromatic heterocycles. The Balaban J connectivity index is 2.21. The van der Waals surface area contributed by atoms with Gasteiger partial charge in [-0.3, -0.25) is 4.98 Å². The van der Waals surface area contributed by atoms with Crippen LogP contribution < -0.4 is 4.72 Å². The molecule has 0 amide bonds. The summed E-state index contributed by atoms with van der Waals surface area (Å²) >= 11 is 3.28. The summed E-state index contributed by atoms with van der Waals surface area (Å²) in [6.45, 7) is 2.02. The van der Waals surface area contributed by atoms with Crippen molar-refractivity contribution in [3.63, 3.8) is 0 Å². The lowest BCUT2D eigenvalue weighted by atomic mass is 10.2. The van der Waals surface area contributed by atoms with Crippen LogP contribution in [0.4, 0.5) is 0 Å². The third-order valence-corrected chi connectivity index (χ3v) is 4.69. The lowest BCUT2D eigenvalue weighted by molar-refractivity contribution is 0.580. The summed E-state index contributed by atoms with van der Waals surface area (Å²) < 4.78 is 27.8. The van der Waals surface area contributed by atoms with Crippen molar-refractivity contribution in [3.05, 3.63) is 58.3 Å². The van der Waals surface area contributed by atoms with Crippen LogP contribution in [-0.2, 0) is 16.6 Å². The Labute approximate surface area is 121 Å². The smallest absolute Gasteiger partial charge is 0.241 e. The van der Waals surface area contributed by atoms with Crippen LogP contribution in [0.25, 0.3) is 0 Å². The number of nitrogens with zero attached hydrogens (tertiary/aromatic N) is 1. The number of pyridine rings is 1. The van der Waals surface area contributed by atoms with Crippen LogP contribution in [-0.4, -0.2) is 13.4 Å². The molecule has 2 rings (SSSR count). The molecule has 1 heterocycles. The van der Waals surface area contributed by atoms with Crippen LogP contribution in [0.3, 0.4) is 0 Å². The zero-order chi connectivity index (χ0) is 13.9. The van der Waals surface area contributed by atoms with Gasteiger partial charge >= 0.3 is 0 Å². The molecule has 0 radical (unpaired) electrons. The van der Waals surface area contributed by atoms with Crippen molar-refractivity contribution in [1.82, 2.24) is 9.71 Å². The van der Waals surface area contributed by atoms with Crippen molar-refractivity contribution in [2.45, 2.75) is 18.4 Å². The van der Waals surface area contributed by atoms with Gasteiger partial charge in [-0.2, -0.15) is 0 Å². The first-order chi connectivity index (χ1) is 8.99. The molecule has 0 unspecified atom stereocenters.